The van der Waals surface area contributed by atoms with E-state index in [1.807, 2.05) is 27.7 Å². The van der Waals surface area contributed by atoms with Crippen LogP contribution in [0.25, 0.3) is 0 Å². The second-order valence-corrected chi connectivity index (χ2v) is 4.47. The summed E-state index contributed by atoms with van der Waals surface area (Å²) in [4.78, 5) is 0. The van der Waals surface area contributed by atoms with Crippen molar-refractivity contribution in [3.63, 3.8) is 0 Å². The molecule has 0 saturated carbocycles. The maximum atomic E-state index is 10.0. The lowest BCUT2D eigenvalue weighted by atomic mass is 9.95. The Morgan fingerprint density at radius 1 is 0.733 bits per heavy atom. The molecule has 0 aliphatic heterocycles. The highest BCUT2D eigenvalue weighted by Gasteiger charge is 2.25. The number of hydrogen-bond acceptors (Lipinski definition) is 3. The lowest BCUT2D eigenvalue weighted by Gasteiger charge is -2.30. The van der Waals surface area contributed by atoms with Crippen LogP contribution in [0.4, 0.5) is 0 Å². The minimum atomic E-state index is -0.623. The van der Waals surface area contributed by atoms with Crippen LogP contribution in [0.5, 0.6) is 0 Å². The number of nitrogens with one attached hydrogen (secondary N) is 1. The summed E-state index contributed by atoms with van der Waals surface area (Å²) < 4.78 is 0. The maximum absolute atomic E-state index is 10.0. The topological polar surface area (TPSA) is 52.5 Å². The molecule has 3 nitrogen and oxygen atoms in total. The first kappa shape index (κ1) is 14.9. The molecule has 0 radical (unpaired) electrons. The summed E-state index contributed by atoms with van der Waals surface area (Å²) in [6, 6.07) is 0. The van der Waals surface area contributed by atoms with E-state index in [-0.39, 0.29) is 0 Å². The molecule has 0 bridgehead atoms. The highest BCUT2D eigenvalue weighted by molar-refractivity contribution is 4.82. The molecule has 3 N–H and O–H groups in total. The Balaban J connectivity index is 3.96. The molecular weight excluding hydrogens is 190 g/mol. The fourth-order valence-electron chi connectivity index (χ4n) is 1.53. The van der Waals surface area contributed by atoms with Crippen LogP contribution in [-0.2, 0) is 0 Å². The highest BCUT2D eigenvalue weighted by atomic mass is 16.3. The lowest BCUT2D eigenvalue weighted by molar-refractivity contribution is 0.00754. The van der Waals surface area contributed by atoms with Gasteiger partial charge in [0.2, 0.25) is 0 Å². The third kappa shape index (κ3) is 4.96. The molecule has 0 heterocycles. The fourth-order valence-corrected chi connectivity index (χ4v) is 1.53. The van der Waals surface area contributed by atoms with E-state index in [4.69, 9.17) is 0 Å². The van der Waals surface area contributed by atoms with E-state index in [9.17, 15) is 10.2 Å². The van der Waals surface area contributed by atoms with Crippen LogP contribution in [0.1, 0.15) is 53.4 Å². The highest BCUT2D eigenvalue weighted by Crippen LogP contribution is 2.15. The van der Waals surface area contributed by atoms with Gasteiger partial charge in [0, 0.05) is 13.1 Å². The molecule has 0 unspecified atom stereocenters. The van der Waals surface area contributed by atoms with E-state index >= 15 is 0 Å². The van der Waals surface area contributed by atoms with Crippen molar-refractivity contribution >= 4 is 0 Å². The molecule has 0 aromatic carbocycles. The normalized spacial score (nSPS) is 13.2. The summed E-state index contributed by atoms with van der Waals surface area (Å²) in [6.45, 7) is 9.05. The third-order valence-electron chi connectivity index (χ3n) is 3.54. The van der Waals surface area contributed by atoms with Gasteiger partial charge in [0.15, 0.2) is 0 Å². The van der Waals surface area contributed by atoms with E-state index in [2.05, 4.69) is 5.32 Å². The molecule has 0 aliphatic carbocycles. The predicted octanol–water partition coefficient (Wildman–Crippen LogP) is 1.68. The molecule has 0 rings (SSSR count). The van der Waals surface area contributed by atoms with Gasteiger partial charge in [0.1, 0.15) is 0 Å². The van der Waals surface area contributed by atoms with E-state index in [0.29, 0.717) is 13.1 Å². The Labute approximate surface area is 93.9 Å². The molecule has 0 aromatic heterocycles. The Kier molecular flexibility index (Phi) is 6.41. The van der Waals surface area contributed by atoms with E-state index in [0.717, 1.165) is 25.7 Å². The third-order valence-corrected chi connectivity index (χ3v) is 3.54. The minimum Gasteiger partial charge on any atom is -0.389 e. The minimum absolute atomic E-state index is 0.558. The van der Waals surface area contributed by atoms with Crippen LogP contribution < -0.4 is 5.32 Å². The van der Waals surface area contributed by atoms with Gasteiger partial charge >= 0.3 is 0 Å². The van der Waals surface area contributed by atoms with Crippen molar-refractivity contribution in [1.82, 2.24) is 5.32 Å². The summed E-state index contributed by atoms with van der Waals surface area (Å²) in [5.74, 6) is 0. The van der Waals surface area contributed by atoms with Crippen molar-refractivity contribution in [2.24, 2.45) is 0 Å². The summed E-state index contributed by atoms with van der Waals surface area (Å²) in [5, 5.41) is 23.2. The molecule has 0 saturated heterocycles. The first-order valence-corrected chi connectivity index (χ1v) is 6.10. The van der Waals surface area contributed by atoms with Gasteiger partial charge in [-0.3, -0.25) is 0 Å². The zero-order chi connectivity index (χ0) is 11.9. The monoisotopic (exact) mass is 217 g/mol. The Hall–Kier alpha value is -0.120. The van der Waals surface area contributed by atoms with Gasteiger partial charge in [-0.15, -0.1) is 0 Å². The van der Waals surface area contributed by atoms with Crippen molar-refractivity contribution in [3.05, 3.63) is 0 Å². The first-order valence-electron chi connectivity index (χ1n) is 6.10. The zero-order valence-corrected chi connectivity index (χ0v) is 10.6. The van der Waals surface area contributed by atoms with Crippen LogP contribution in [0, 0.1) is 0 Å². The van der Waals surface area contributed by atoms with Gasteiger partial charge in [-0.25, -0.2) is 0 Å². The van der Waals surface area contributed by atoms with Gasteiger partial charge in [0.25, 0.3) is 0 Å². The number of rotatable bonds is 8. The van der Waals surface area contributed by atoms with Gasteiger partial charge in [-0.2, -0.15) is 0 Å². The smallest absolute Gasteiger partial charge is 0.0766 e. The molecule has 0 spiro atoms. The average molecular weight is 217 g/mol. The van der Waals surface area contributed by atoms with Crippen molar-refractivity contribution in [1.29, 1.82) is 0 Å². The van der Waals surface area contributed by atoms with E-state index in [1.165, 1.54) is 0 Å². The van der Waals surface area contributed by atoms with E-state index in [1.54, 1.807) is 0 Å². The van der Waals surface area contributed by atoms with Crippen molar-refractivity contribution in [3.8, 4) is 0 Å². The van der Waals surface area contributed by atoms with E-state index < -0.39 is 11.2 Å². The van der Waals surface area contributed by atoms with Crippen molar-refractivity contribution < 1.29 is 10.2 Å². The van der Waals surface area contributed by atoms with Crippen LogP contribution in [0.3, 0.4) is 0 Å². The number of aliphatic hydroxyl groups is 2. The van der Waals surface area contributed by atoms with Gasteiger partial charge in [-0.05, 0) is 25.7 Å². The standard InChI is InChI=1S/C12H27NO2/c1-5-11(14,6-2)9-13-10-12(15,7-3)8-4/h13-15H,5-10H2,1-4H3. The lowest BCUT2D eigenvalue weighted by Crippen LogP contribution is -2.46. The summed E-state index contributed by atoms with van der Waals surface area (Å²) in [7, 11) is 0. The Bertz CT molecular complexity index is 145. The predicted molar refractivity (Wildman–Crippen MR) is 63.9 cm³/mol. The van der Waals surface area contributed by atoms with Crippen LogP contribution in [0.2, 0.25) is 0 Å². The largest absolute Gasteiger partial charge is 0.389 e. The molecule has 0 atom stereocenters. The second-order valence-electron chi connectivity index (χ2n) is 4.47. The van der Waals surface area contributed by atoms with Crippen LogP contribution in [-0.4, -0.2) is 34.5 Å². The van der Waals surface area contributed by atoms with Crippen LogP contribution in [0.15, 0.2) is 0 Å². The molecule has 0 amide bonds. The van der Waals surface area contributed by atoms with Gasteiger partial charge < -0.3 is 15.5 Å². The quantitative estimate of drug-likeness (QED) is 0.580. The fraction of sp³-hybridized carbons (Fsp3) is 1.00. The molecule has 0 aliphatic rings. The van der Waals surface area contributed by atoms with Crippen LogP contribution >= 0.6 is 0 Å². The molecule has 0 aromatic rings. The summed E-state index contributed by atoms with van der Waals surface area (Å²) >= 11 is 0. The van der Waals surface area contributed by atoms with Gasteiger partial charge in [-0.1, -0.05) is 27.7 Å². The molecule has 15 heavy (non-hydrogen) atoms. The Morgan fingerprint density at radius 3 is 1.20 bits per heavy atom. The molecule has 3 heteroatoms. The molecular formula is C12H27NO2. The maximum Gasteiger partial charge on any atom is 0.0766 e. The van der Waals surface area contributed by atoms with Crippen molar-refractivity contribution in [2.45, 2.75) is 64.6 Å². The molecule has 92 valence electrons. The number of hydrogen-bond donors (Lipinski definition) is 3. The Morgan fingerprint density at radius 2 is 1.00 bits per heavy atom. The van der Waals surface area contributed by atoms with Gasteiger partial charge in [0.05, 0.1) is 11.2 Å². The molecule has 0 fully saturated rings. The SMILES string of the molecule is CCC(O)(CC)CNCC(O)(CC)CC. The van der Waals surface area contributed by atoms with Crippen molar-refractivity contribution in [2.75, 3.05) is 13.1 Å². The average Bonchev–Trinajstić information content (AvgIpc) is 2.28. The summed E-state index contributed by atoms with van der Waals surface area (Å²) in [6.07, 6.45) is 2.97. The zero-order valence-electron chi connectivity index (χ0n) is 10.6. The second kappa shape index (κ2) is 6.46. The first-order chi connectivity index (χ1) is 6.95. The summed E-state index contributed by atoms with van der Waals surface area (Å²) in [5.41, 5.74) is -1.25.